The zero-order valence-electron chi connectivity index (χ0n) is 14.5. The number of aliphatic carboxylic acids is 1. The van der Waals surface area contributed by atoms with Crippen LogP contribution >= 0.6 is 0 Å². The number of aliphatic hydroxyl groups excluding tert-OH is 3. The average Bonchev–Trinajstić information content (AvgIpc) is 2.92. The molecule has 1 saturated heterocycles. The van der Waals surface area contributed by atoms with Crippen LogP contribution in [0.15, 0.2) is 12.2 Å². The molecule has 6 heteroatoms. The van der Waals surface area contributed by atoms with Crippen molar-refractivity contribution in [2.75, 3.05) is 0 Å². The van der Waals surface area contributed by atoms with Gasteiger partial charge in [-0.15, -0.1) is 0 Å². The van der Waals surface area contributed by atoms with E-state index in [9.17, 15) is 20.1 Å². The molecule has 0 amide bonds. The van der Waals surface area contributed by atoms with Crippen molar-refractivity contribution in [2.45, 2.75) is 95.2 Å². The first-order valence-corrected chi connectivity index (χ1v) is 9.03. The van der Waals surface area contributed by atoms with Crippen LogP contribution in [0.2, 0.25) is 0 Å². The molecule has 0 aliphatic carbocycles. The molecule has 1 aliphatic heterocycles. The second-order valence-corrected chi connectivity index (χ2v) is 6.57. The molecule has 5 atom stereocenters. The van der Waals surface area contributed by atoms with Gasteiger partial charge in [-0.05, 0) is 19.3 Å². The number of hydrogen-bond acceptors (Lipinski definition) is 5. The van der Waals surface area contributed by atoms with E-state index in [1.807, 2.05) is 6.92 Å². The maximum Gasteiger partial charge on any atom is 0.303 e. The standard InChI is InChI=1S/C18H32O6/c1-2-14(20)17-12-15(21)16(24-17)11-10-13(19)8-6-4-3-5-7-9-18(22)23/h10-11,13-17,19-21H,2-9,12H2,1H3,(H,22,23)/b11-10+/t13-,14+,15+,16-,17+/m0/s1. The number of carboxylic acids is 1. The maximum absolute atomic E-state index is 10.4. The van der Waals surface area contributed by atoms with Gasteiger partial charge >= 0.3 is 5.97 Å². The van der Waals surface area contributed by atoms with Gasteiger partial charge in [0.2, 0.25) is 0 Å². The van der Waals surface area contributed by atoms with Gasteiger partial charge in [0.25, 0.3) is 0 Å². The van der Waals surface area contributed by atoms with Crippen molar-refractivity contribution in [3.63, 3.8) is 0 Å². The summed E-state index contributed by atoms with van der Waals surface area (Å²) in [6.45, 7) is 1.87. The van der Waals surface area contributed by atoms with E-state index in [0.29, 0.717) is 25.7 Å². The van der Waals surface area contributed by atoms with Crippen LogP contribution in [0.25, 0.3) is 0 Å². The molecule has 0 saturated carbocycles. The van der Waals surface area contributed by atoms with Crippen molar-refractivity contribution in [3.8, 4) is 0 Å². The zero-order chi connectivity index (χ0) is 17.9. The van der Waals surface area contributed by atoms with Crippen molar-refractivity contribution in [3.05, 3.63) is 12.2 Å². The zero-order valence-corrected chi connectivity index (χ0v) is 14.5. The lowest BCUT2D eigenvalue weighted by Crippen LogP contribution is -2.25. The predicted molar refractivity (Wildman–Crippen MR) is 90.7 cm³/mol. The Labute approximate surface area is 144 Å². The molecule has 0 spiro atoms. The highest BCUT2D eigenvalue weighted by molar-refractivity contribution is 5.66. The molecule has 0 bridgehead atoms. The van der Waals surface area contributed by atoms with Crippen LogP contribution in [0, 0.1) is 0 Å². The SMILES string of the molecule is CC[C@@H](O)[C@H]1C[C@@H](O)[C@H](/C=C/[C@@H](O)CCCCCCCC(=O)O)O1. The molecule has 6 nitrogen and oxygen atoms in total. The van der Waals surface area contributed by atoms with Gasteiger partial charge in [0.15, 0.2) is 0 Å². The molecule has 140 valence electrons. The number of aliphatic hydroxyl groups is 3. The van der Waals surface area contributed by atoms with Crippen molar-refractivity contribution in [2.24, 2.45) is 0 Å². The molecular weight excluding hydrogens is 312 g/mol. The highest BCUT2D eigenvalue weighted by atomic mass is 16.5. The summed E-state index contributed by atoms with van der Waals surface area (Å²) in [5.41, 5.74) is 0. The summed E-state index contributed by atoms with van der Waals surface area (Å²) in [4.78, 5) is 10.4. The number of carboxylic acid groups (broad SMARTS) is 1. The second kappa shape index (κ2) is 11.6. The molecule has 1 aliphatic rings. The predicted octanol–water partition coefficient (Wildman–Crippen LogP) is 2.01. The third-order valence-corrected chi connectivity index (χ3v) is 4.45. The van der Waals surface area contributed by atoms with Crippen molar-refractivity contribution in [1.29, 1.82) is 0 Å². The van der Waals surface area contributed by atoms with Crippen molar-refractivity contribution >= 4 is 5.97 Å². The van der Waals surface area contributed by atoms with Gasteiger partial charge in [-0.1, -0.05) is 44.8 Å². The normalized spacial score (nSPS) is 26.8. The van der Waals surface area contributed by atoms with Crippen molar-refractivity contribution < 1.29 is 30.0 Å². The van der Waals surface area contributed by atoms with E-state index in [1.165, 1.54) is 0 Å². The van der Waals surface area contributed by atoms with Crippen LogP contribution < -0.4 is 0 Å². The molecule has 0 aromatic heterocycles. The minimum Gasteiger partial charge on any atom is -0.481 e. The first kappa shape index (κ1) is 21.1. The highest BCUT2D eigenvalue weighted by Crippen LogP contribution is 2.25. The van der Waals surface area contributed by atoms with Crippen molar-refractivity contribution in [1.82, 2.24) is 0 Å². The molecule has 4 N–H and O–H groups in total. The van der Waals surface area contributed by atoms with Gasteiger partial charge < -0.3 is 25.2 Å². The lowest BCUT2D eigenvalue weighted by atomic mass is 10.0. The summed E-state index contributed by atoms with van der Waals surface area (Å²) in [6.07, 6.45) is 7.04. The molecule has 1 heterocycles. The number of ether oxygens (including phenoxy) is 1. The quantitative estimate of drug-likeness (QED) is 0.319. The van der Waals surface area contributed by atoms with Crippen LogP contribution in [0.5, 0.6) is 0 Å². The summed E-state index contributed by atoms with van der Waals surface area (Å²) in [5.74, 6) is -0.749. The van der Waals surface area contributed by atoms with Gasteiger partial charge in [0, 0.05) is 12.8 Å². The number of hydrogen-bond donors (Lipinski definition) is 4. The largest absolute Gasteiger partial charge is 0.481 e. The summed E-state index contributed by atoms with van der Waals surface area (Å²) >= 11 is 0. The fourth-order valence-electron chi connectivity index (χ4n) is 2.90. The average molecular weight is 344 g/mol. The van der Waals surface area contributed by atoms with E-state index in [-0.39, 0.29) is 12.5 Å². The Kier molecular flexibility index (Phi) is 10.2. The Morgan fingerprint density at radius 3 is 2.54 bits per heavy atom. The van der Waals surface area contributed by atoms with Gasteiger partial charge in [0.05, 0.1) is 24.4 Å². The van der Waals surface area contributed by atoms with Crippen LogP contribution in [-0.2, 0) is 9.53 Å². The molecule has 24 heavy (non-hydrogen) atoms. The third-order valence-electron chi connectivity index (χ3n) is 4.45. The van der Waals surface area contributed by atoms with Gasteiger partial charge in [-0.2, -0.15) is 0 Å². The Bertz CT molecular complexity index is 384. The van der Waals surface area contributed by atoms with Gasteiger partial charge in [-0.3, -0.25) is 4.79 Å². The molecule has 0 unspecified atom stereocenters. The van der Waals surface area contributed by atoms with E-state index in [1.54, 1.807) is 12.2 Å². The minimum atomic E-state index is -0.749. The van der Waals surface area contributed by atoms with Crippen LogP contribution in [0.3, 0.4) is 0 Å². The Morgan fingerprint density at radius 2 is 1.88 bits per heavy atom. The highest BCUT2D eigenvalue weighted by Gasteiger charge is 2.35. The van der Waals surface area contributed by atoms with E-state index in [4.69, 9.17) is 9.84 Å². The summed E-state index contributed by atoms with van der Waals surface area (Å²) in [5, 5.41) is 38.2. The van der Waals surface area contributed by atoms with Crippen LogP contribution in [0.4, 0.5) is 0 Å². The topological polar surface area (TPSA) is 107 Å². The molecular formula is C18H32O6. The fourth-order valence-corrected chi connectivity index (χ4v) is 2.90. The molecule has 1 rings (SSSR count). The Morgan fingerprint density at radius 1 is 1.21 bits per heavy atom. The van der Waals surface area contributed by atoms with E-state index in [2.05, 4.69) is 0 Å². The lowest BCUT2D eigenvalue weighted by Gasteiger charge is -2.16. The summed E-state index contributed by atoms with van der Waals surface area (Å²) in [6, 6.07) is 0. The second-order valence-electron chi connectivity index (χ2n) is 6.57. The number of unbranched alkanes of at least 4 members (excludes halogenated alkanes) is 4. The number of rotatable bonds is 12. The lowest BCUT2D eigenvalue weighted by molar-refractivity contribution is -0.137. The minimum absolute atomic E-state index is 0.225. The molecule has 1 fully saturated rings. The summed E-state index contributed by atoms with van der Waals surface area (Å²) in [7, 11) is 0. The molecule has 0 aromatic rings. The smallest absolute Gasteiger partial charge is 0.303 e. The Hall–Kier alpha value is -0.950. The first-order chi connectivity index (χ1) is 11.4. The number of carbonyl (C=O) groups is 1. The monoisotopic (exact) mass is 344 g/mol. The first-order valence-electron chi connectivity index (χ1n) is 9.03. The summed E-state index contributed by atoms with van der Waals surface area (Å²) < 4.78 is 5.62. The van der Waals surface area contributed by atoms with Crippen LogP contribution in [0.1, 0.15) is 64.7 Å². The van der Waals surface area contributed by atoms with E-state index in [0.717, 1.165) is 25.7 Å². The molecule has 0 aromatic carbocycles. The fraction of sp³-hybridized carbons (Fsp3) is 0.833. The maximum atomic E-state index is 10.4. The third kappa shape index (κ3) is 8.24. The van der Waals surface area contributed by atoms with E-state index >= 15 is 0 Å². The van der Waals surface area contributed by atoms with Gasteiger partial charge in [0.1, 0.15) is 6.10 Å². The Balaban J connectivity index is 2.15. The van der Waals surface area contributed by atoms with Gasteiger partial charge in [-0.25, -0.2) is 0 Å². The van der Waals surface area contributed by atoms with E-state index < -0.39 is 30.4 Å². The van der Waals surface area contributed by atoms with Crippen LogP contribution in [-0.4, -0.2) is 56.9 Å². The molecule has 0 radical (unpaired) electrons.